The molecule has 110 valence electrons. The zero-order chi connectivity index (χ0) is 14.5. The molecule has 0 saturated carbocycles. The molecule has 2 N–H and O–H groups in total. The lowest BCUT2D eigenvalue weighted by Crippen LogP contribution is -2.38. The first-order chi connectivity index (χ1) is 10.3. The molecule has 0 bridgehead atoms. The maximum absolute atomic E-state index is 12.1. The molecule has 2 aromatic rings. The van der Waals surface area contributed by atoms with Crippen LogP contribution in [0.15, 0.2) is 42.5 Å². The van der Waals surface area contributed by atoms with Crippen LogP contribution in [-0.4, -0.2) is 25.5 Å². The first kappa shape index (κ1) is 14.1. The van der Waals surface area contributed by atoms with Crippen LogP contribution in [0.1, 0.15) is 18.4 Å². The van der Waals surface area contributed by atoms with Crippen molar-refractivity contribution in [1.29, 1.82) is 0 Å². The minimum atomic E-state index is 0.197. The van der Waals surface area contributed by atoms with E-state index in [0.29, 0.717) is 0 Å². The summed E-state index contributed by atoms with van der Waals surface area (Å²) in [5.74, 6) is 0.417. The molecule has 0 unspecified atom stereocenters. The van der Waals surface area contributed by atoms with E-state index >= 15 is 0 Å². The Labute approximate surface area is 125 Å². The van der Waals surface area contributed by atoms with Crippen LogP contribution in [0.2, 0.25) is 0 Å². The third-order valence-electron chi connectivity index (χ3n) is 4.24. The van der Waals surface area contributed by atoms with E-state index in [0.717, 1.165) is 38.9 Å². The van der Waals surface area contributed by atoms with Gasteiger partial charge in [0.2, 0.25) is 5.91 Å². The van der Waals surface area contributed by atoms with Crippen LogP contribution in [-0.2, 0) is 11.2 Å². The minimum Gasteiger partial charge on any atom is -0.356 e. The van der Waals surface area contributed by atoms with E-state index in [1.807, 2.05) is 0 Å². The van der Waals surface area contributed by atoms with E-state index in [4.69, 9.17) is 0 Å². The highest BCUT2D eigenvalue weighted by atomic mass is 16.1. The van der Waals surface area contributed by atoms with E-state index in [1.165, 1.54) is 16.3 Å². The number of nitrogens with one attached hydrogen (secondary N) is 2. The summed E-state index contributed by atoms with van der Waals surface area (Å²) < 4.78 is 0. The van der Waals surface area contributed by atoms with E-state index in [1.54, 1.807) is 0 Å². The highest BCUT2D eigenvalue weighted by Gasteiger charge is 2.20. The SMILES string of the molecule is O=C(NCCc1ccc2ccccc2c1)C1CCNCC1. The number of carbonyl (C=O) groups excluding carboxylic acids is 1. The van der Waals surface area contributed by atoms with Crippen LogP contribution >= 0.6 is 0 Å². The zero-order valence-corrected chi connectivity index (χ0v) is 12.3. The van der Waals surface area contributed by atoms with Gasteiger partial charge in [-0.3, -0.25) is 4.79 Å². The summed E-state index contributed by atoms with van der Waals surface area (Å²) in [6.45, 7) is 2.65. The van der Waals surface area contributed by atoms with E-state index in [-0.39, 0.29) is 11.8 Å². The molecule has 1 saturated heterocycles. The number of carbonyl (C=O) groups is 1. The Morgan fingerprint density at radius 2 is 1.86 bits per heavy atom. The Balaban J connectivity index is 1.53. The van der Waals surface area contributed by atoms with E-state index in [2.05, 4.69) is 53.1 Å². The molecule has 0 aliphatic carbocycles. The fourth-order valence-electron chi connectivity index (χ4n) is 2.95. The normalized spacial score (nSPS) is 16.0. The first-order valence-electron chi connectivity index (χ1n) is 7.79. The smallest absolute Gasteiger partial charge is 0.223 e. The lowest BCUT2D eigenvalue weighted by atomic mass is 9.97. The predicted molar refractivity (Wildman–Crippen MR) is 86.3 cm³/mol. The number of piperidine rings is 1. The number of hydrogen-bond acceptors (Lipinski definition) is 2. The molecular weight excluding hydrogens is 260 g/mol. The zero-order valence-electron chi connectivity index (χ0n) is 12.3. The van der Waals surface area contributed by atoms with Crippen molar-refractivity contribution in [1.82, 2.24) is 10.6 Å². The van der Waals surface area contributed by atoms with Crippen LogP contribution < -0.4 is 10.6 Å². The Hall–Kier alpha value is -1.87. The summed E-state index contributed by atoms with van der Waals surface area (Å²) in [6.07, 6.45) is 2.81. The number of rotatable bonds is 4. The lowest BCUT2D eigenvalue weighted by molar-refractivity contribution is -0.125. The van der Waals surface area contributed by atoms with Gasteiger partial charge >= 0.3 is 0 Å². The molecule has 1 heterocycles. The highest BCUT2D eigenvalue weighted by molar-refractivity contribution is 5.83. The summed E-state index contributed by atoms with van der Waals surface area (Å²) >= 11 is 0. The fourth-order valence-corrected chi connectivity index (χ4v) is 2.95. The summed E-state index contributed by atoms with van der Waals surface area (Å²) in [4.78, 5) is 12.1. The van der Waals surface area contributed by atoms with Crippen molar-refractivity contribution in [3.05, 3.63) is 48.0 Å². The van der Waals surface area contributed by atoms with Gasteiger partial charge in [-0.15, -0.1) is 0 Å². The molecule has 3 heteroatoms. The Morgan fingerprint density at radius 3 is 2.67 bits per heavy atom. The number of amides is 1. The third-order valence-corrected chi connectivity index (χ3v) is 4.24. The topological polar surface area (TPSA) is 41.1 Å². The average molecular weight is 282 g/mol. The van der Waals surface area contributed by atoms with Crippen molar-refractivity contribution in [2.24, 2.45) is 5.92 Å². The number of hydrogen-bond donors (Lipinski definition) is 2. The third kappa shape index (κ3) is 3.61. The molecule has 21 heavy (non-hydrogen) atoms. The average Bonchev–Trinajstić information content (AvgIpc) is 2.55. The fraction of sp³-hybridized carbons (Fsp3) is 0.389. The van der Waals surface area contributed by atoms with Crippen LogP contribution in [0.25, 0.3) is 10.8 Å². The second-order valence-electron chi connectivity index (χ2n) is 5.75. The highest BCUT2D eigenvalue weighted by Crippen LogP contribution is 2.16. The van der Waals surface area contributed by atoms with Crippen molar-refractivity contribution in [3.63, 3.8) is 0 Å². The van der Waals surface area contributed by atoms with Gasteiger partial charge in [-0.1, -0.05) is 42.5 Å². The molecule has 1 aliphatic rings. The van der Waals surface area contributed by atoms with Gasteiger partial charge in [-0.05, 0) is 48.7 Å². The van der Waals surface area contributed by atoms with Crippen LogP contribution in [0.3, 0.4) is 0 Å². The number of fused-ring (bicyclic) bond motifs is 1. The van der Waals surface area contributed by atoms with Crippen molar-refractivity contribution >= 4 is 16.7 Å². The van der Waals surface area contributed by atoms with Crippen molar-refractivity contribution in [2.45, 2.75) is 19.3 Å². The van der Waals surface area contributed by atoms with Gasteiger partial charge in [0.15, 0.2) is 0 Å². The maximum Gasteiger partial charge on any atom is 0.223 e. The summed E-state index contributed by atoms with van der Waals surface area (Å²) in [5, 5.41) is 8.90. The molecule has 0 atom stereocenters. The minimum absolute atomic E-state index is 0.197. The molecule has 1 amide bonds. The first-order valence-corrected chi connectivity index (χ1v) is 7.79. The van der Waals surface area contributed by atoms with Crippen molar-refractivity contribution < 1.29 is 4.79 Å². The van der Waals surface area contributed by atoms with Crippen LogP contribution in [0.4, 0.5) is 0 Å². The second kappa shape index (κ2) is 6.72. The van der Waals surface area contributed by atoms with E-state index < -0.39 is 0 Å². The van der Waals surface area contributed by atoms with Gasteiger partial charge in [-0.2, -0.15) is 0 Å². The molecule has 0 aromatic heterocycles. The van der Waals surface area contributed by atoms with Crippen LogP contribution in [0, 0.1) is 5.92 Å². The van der Waals surface area contributed by atoms with Gasteiger partial charge in [0.25, 0.3) is 0 Å². The Kier molecular flexibility index (Phi) is 4.51. The maximum atomic E-state index is 12.1. The standard InChI is InChI=1S/C18H22N2O/c21-18(16-8-10-19-11-9-16)20-12-7-14-5-6-15-3-1-2-4-17(15)13-14/h1-6,13,16,19H,7-12H2,(H,20,21). The molecular formula is C18H22N2O. The molecule has 0 radical (unpaired) electrons. The molecule has 3 rings (SSSR count). The number of benzene rings is 2. The quantitative estimate of drug-likeness (QED) is 0.904. The molecule has 1 fully saturated rings. The summed E-state index contributed by atoms with van der Waals surface area (Å²) in [6, 6.07) is 14.9. The second-order valence-corrected chi connectivity index (χ2v) is 5.75. The monoisotopic (exact) mass is 282 g/mol. The van der Waals surface area contributed by atoms with Gasteiger partial charge in [0.05, 0.1) is 0 Å². The van der Waals surface area contributed by atoms with Gasteiger partial charge in [-0.25, -0.2) is 0 Å². The van der Waals surface area contributed by atoms with Crippen LogP contribution in [0.5, 0.6) is 0 Å². The van der Waals surface area contributed by atoms with E-state index in [9.17, 15) is 4.79 Å². The van der Waals surface area contributed by atoms with Crippen molar-refractivity contribution in [2.75, 3.05) is 19.6 Å². The Bertz CT molecular complexity index is 617. The molecule has 3 nitrogen and oxygen atoms in total. The summed E-state index contributed by atoms with van der Waals surface area (Å²) in [5.41, 5.74) is 1.28. The van der Waals surface area contributed by atoms with Crippen molar-refractivity contribution in [3.8, 4) is 0 Å². The molecule has 0 spiro atoms. The molecule has 1 aliphatic heterocycles. The largest absolute Gasteiger partial charge is 0.356 e. The van der Waals surface area contributed by atoms with Gasteiger partial charge in [0.1, 0.15) is 0 Å². The molecule has 2 aromatic carbocycles. The summed E-state index contributed by atoms with van der Waals surface area (Å²) in [7, 11) is 0. The van der Waals surface area contributed by atoms with Gasteiger partial charge < -0.3 is 10.6 Å². The predicted octanol–water partition coefficient (Wildman–Crippen LogP) is 2.50. The van der Waals surface area contributed by atoms with Gasteiger partial charge in [0, 0.05) is 12.5 Å². The Morgan fingerprint density at radius 1 is 1.10 bits per heavy atom. The lowest BCUT2D eigenvalue weighted by Gasteiger charge is -2.21.